The molecule has 1 saturated heterocycles. The van der Waals surface area contributed by atoms with Crippen LogP contribution in [-0.4, -0.2) is 41.5 Å². The lowest BCUT2D eigenvalue weighted by atomic mass is 9.92. The average molecular weight is 279 g/mol. The van der Waals surface area contributed by atoms with Crippen LogP contribution < -0.4 is 0 Å². The molecule has 0 radical (unpaired) electrons. The number of nitrogens with zero attached hydrogens (tertiary/aromatic N) is 1. The van der Waals surface area contributed by atoms with Gasteiger partial charge in [-0.3, -0.25) is 4.79 Å². The maximum Gasteiger partial charge on any atom is 0.167 e. The maximum absolute atomic E-state index is 13.5. The molecule has 1 heterocycles. The third-order valence-corrected chi connectivity index (χ3v) is 4.14. The summed E-state index contributed by atoms with van der Waals surface area (Å²) >= 11 is 0. The van der Waals surface area contributed by atoms with Gasteiger partial charge in [-0.2, -0.15) is 0 Å². The van der Waals surface area contributed by atoms with Crippen LogP contribution in [0.4, 0.5) is 4.39 Å². The second kappa shape index (κ2) is 6.95. The van der Waals surface area contributed by atoms with Gasteiger partial charge in [0.25, 0.3) is 0 Å². The van der Waals surface area contributed by atoms with Crippen molar-refractivity contribution in [3.63, 3.8) is 0 Å². The monoisotopic (exact) mass is 279 g/mol. The van der Waals surface area contributed by atoms with Gasteiger partial charge in [0, 0.05) is 13.0 Å². The van der Waals surface area contributed by atoms with Gasteiger partial charge in [0.1, 0.15) is 5.82 Å². The highest BCUT2D eigenvalue weighted by Gasteiger charge is 2.23. The number of aliphatic hydroxyl groups is 1. The molecule has 1 N–H and O–H groups in total. The molecule has 20 heavy (non-hydrogen) atoms. The molecular weight excluding hydrogens is 257 g/mol. The minimum Gasteiger partial charge on any atom is -0.393 e. The second-order valence-corrected chi connectivity index (χ2v) is 5.57. The smallest absolute Gasteiger partial charge is 0.167 e. The molecule has 3 nitrogen and oxygen atoms in total. The molecule has 0 aromatic heterocycles. The van der Waals surface area contributed by atoms with Crippen LogP contribution in [0.25, 0.3) is 0 Å². The molecule has 0 bridgehead atoms. The highest BCUT2D eigenvalue weighted by molar-refractivity contribution is 5.96. The number of halogens is 1. The SMILES string of the molecule is CC(O)C1CCN(CCC(=O)c2ccccc2F)CC1. The third-order valence-electron chi connectivity index (χ3n) is 4.14. The molecule has 0 aliphatic carbocycles. The fraction of sp³-hybridized carbons (Fsp3) is 0.562. The first-order valence-electron chi connectivity index (χ1n) is 7.26. The van der Waals surface area contributed by atoms with Gasteiger partial charge in [0.05, 0.1) is 11.7 Å². The summed E-state index contributed by atoms with van der Waals surface area (Å²) in [5, 5.41) is 9.55. The molecule has 1 fully saturated rings. The van der Waals surface area contributed by atoms with Gasteiger partial charge >= 0.3 is 0 Å². The van der Waals surface area contributed by atoms with E-state index in [1.54, 1.807) is 12.1 Å². The average Bonchev–Trinajstić information content (AvgIpc) is 2.45. The van der Waals surface area contributed by atoms with Crippen LogP contribution in [0.15, 0.2) is 24.3 Å². The van der Waals surface area contributed by atoms with Gasteiger partial charge in [-0.15, -0.1) is 0 Å². The van der Waals surface area contributed by atoms with Gasteiger partial charge in [-0.05, 0) is 50.9 Å². The quantitative estimate of drug-likeness (QED) is 0.842. The van der Waals surface area contributed by atoms with E-state index < -0.39 is 5.82 Å². The highest BCUT2D eigenvalue weighted by Crippen LogP contribution is 2.20. The number of carbonyl (C=O) groups is 1. The number of hydrogen-bond acceptors (Lipinski definition) is 3. The summed E-state index contributed by atoms with van der Waals surface area (Å²) in [5.74, 6) is -0.209. The number of aliphatic hydroxyl groups excluding tert-OH is 1. The number of carbonyl (C=O) groups excluding carboxylic acids is 1. The molecule has 1 aliphatic rings. The number of ketones is 1. The van der Waals surface area contributed by atoms with Crippen molar-refractivity contribution in [2.45, 2.75) is 32.3 Å². The number of hydrogen-bond donors (Lipinski definition) is 1. The van der Waals surface area contributed by atoms with E-state index in [2.05, 4.69) is 4.90 Å². The van der Waals surface area contributed by atoms with Crippen molar-refractivity contribution in [1.29, 1.82) is 0 Å². The van der Waals surface area contributed by atoms with Gasteiger partial charge in [0.2, 0.25) is 0 Å². The largest absolute Gasteiger partial charge is 0.393 e. The fourth-order valence-electron chi connectivity index (χ4n) is 2.74. The Labute approximate surface area is 119 Å². The summed E-state index contributed by atoms with van der Waals surface area (Å²) < 4.78 is 13.5. The molecule has 1 aromatic rings. The first-order chi connectivity index (χ1) is 9.58. The molecule has 4 heteroatoms. The first kappa shape index (κ1) is 15.1. The predicted octanol–water partition coefficient (Wildman–Crippen LogP) is 2.49. The Kier molecular flexibility index (Phi) is 5.26. The number of Topliss-reactive ketones (excluding diaryl/α,β-unsaturated/α-hetero) is 1. The summed E-state index contributed by atoms with van der Waals surface area (Å²) in [5.41, 5.74) is 0.186. The van der Waals surface area contributed by atoms with E-state index in [-0.39, 0.29) is 17.5 Å². The fourth-order valence-corrected chi connectivity index (χ4v) is 2.74. The van der Waals surface area contributed by atoms with E-state index in [0.717, 1.165) is 25.9 Å². The lowest BCUT2D eigenvalue weighted by Crippen LogP contribution is -2.38. The van der Waals surface area contributed by atoms with Crippen LogP contribution in [0.5, 0.6) is 0 Å². The van der Waals surface area contributed by atoms with Crippen molar-refractivity contribution in [2.75, 3.05) is 19.6 Å². The number of piperidine rings is 1. The molecule has 1 atom stereocenters. The summed E-state index contributed by atoms with van der Waals surface area (Å²) in [6.45, 7) is 4.31. The summed E-state index contributed by atoms with van der Waals surface area (Å²) in [6.07, 6.45) is 2.02. The normalized spacial score (nSPS) is 18.9. The van der Waals surface area contributed by atoms with E-state index in [4.69, 9.17) is 0 Å². The van der Waals surface area contributed by atoms with Crippen LogP contribution in [0.1, 0.15) is 36.5 Å². The van der Waals surface area contributed by atoms with Crippen LogP contribution in [-0.2, 0) is 0 Å². The number of likely N-dealkylation sites (tertiary alicyclic amines) is 1. The van der Waals surface area contributed by atoms with E-state index in [1.165, 1.54) is 12.1 Å². The van der Waals surface area contributed by atoms with Crippen LogP contribution in [0.2, 0.25) is 0 Å². The molecule has 0 amide bonds. The van der Waals surface area contributed by atoms with E-state index in [9.17, 15) is 14.3 Å². The Morgan fingerprint density at radius 3 is 2.65 bits per heavy atom. The number of rotatable bonds is 5. The molecule has 0 saturated carbocycles. The molecule has 2 rings (SSSR count). The zero-order valence-corrected chi connectivity index (χ0v) is 11.9. The summed E-state index contributed by atoms with van der Waals surface area (Å²) in [6, 6.07) is 6.14. The second-order valence-electron chi connectivity index (χ2n) is 5.57. The Morgan fingerprint density at radius 2 is 2.05 bits per heavy atom. The molecule has 1 aromatic carbocycles. The van der Waals surface area contributed by atoms with Gasteiger partial charge in [-0.1, -0.05) is 12.1 Å². The molecular formula is C16H22FNO2. The highest BCUT2D eigenvalue weighted by atomic mass is 19.1. The molecule has 110 valence electrons. The van der Waals surface area contributed by atoms with Crippen LogP contribution >= 0.6 is 0 Å². The Hall–Kier alpha value is -1.26. The van der Waals surface area contributed by atoms with Crippen LogP contribution in [0.3, 0.4) is 0 Å². The van der Waals surface area contributed by atoms with Gasteiger partial charge in [-0.25, -0.2) is 4.39 Å². The third kappa shape index (κ3) is 3.87. The van der Waals surface area contributed by atoms with Crippen molar-refractivity contribution < 1.29 is 14.3 Å². The van der Waals surface area contributed by atoms with E-state index in [1.807, 2.05) is 6.92 Å². The topological polar surface area (TPSA) is 40.5 Å². The predicted molar refractivity (Wildman–Crippen MR) is 76.2 cm³/mol. The van der Waals surface area contributed by atoms with Crippen molar-refractivity contribution in [3.05, 3.63) is 35.6 Å². The number of benzene rings is 1. The Bertz CT molecular complexity index is 454. The summed E-state index contributed by atoms with van der Waals surface area (Å²) in [7, 11) is 0. The Balaban J connectivity index is 1.79. The minimum atomic E-state index is -0.440. The summed E-state index contributed by atoms with van der Waals surface area (Å²) in [4.78, 5) is 14.2. The lowest BCUT2D eigenvalue weighted by Gasteiger charge is -2.33. The molecule has 0 spiro atoms. The van der Waals surface area contributed by atoms with E-state index in [0.29, 0.717) is 18.9 Å². The van der Waals surface area contributed by atoms with E-state index >= 15 is 0 Å². The van der Waals surface area contributed by atoms with Gasteiger partial charge in [0.15, 0.2) is 5.78 Å². The molecule has 1 aliphatic heterocycles. The van der Waals surface area contributed by atoms with Crippen molar-refractivity contribution in [2.24, 2.45) is 5.92 Å². The van der Waals surface area contributed by atoms with Gasteiger partial charge < -0.3 is 10.0 Å². The van der Waals surface area contributed by atoms with Crippen molar-refractivity contribution in [1.82, 2.24) is 4.90 Å². The lowest BCUT2D eigenvalue weighted by molar-refractivity contribution is 0.0693. The zero-order chi connectivity index (χ0) is 14.5. The first-order valence-corrected chi connectivity index (χ1v) is 7.26. The molecule has 1 unspecified atom stereocenters. The maximum atomic E-state index is 13.5. The van der Waals surface area contributed by atoms with Crippen molar-refractivity contribution >= 4 is 5.78 Å². The standard InChI is InChI=1S/C16H22FNO2/c1-12(19)13-6-9-18(10-7-13)11-8-16(20)14-4-2-3-5-15(14)17/h2-5,12-13,19H,6-11H2,1H3. The van der Waals surface area contributed by atoms with Crippen LogP contribution in [0, 0.1) is 11.7 Å². The Morgan fingerprint density at radius 1 is 1.40 bits per heavy atom. The van der Waals surface area contributed by atoms with Crippen molar-refractivity contribution in [3.8, 4) is 0 Å². The minimum absolute atomic E-state index is 0.138. The zero-order valence-electron chi connectivity index (χ0n) is 11.9.